The van der Waals surface area contributed by atoms with Crippen molar-refractivity contribution in [1.29, 1.82) is 0 Å². The summed E-state index contributed by atoms with van der Waals surface area (Å²) in [6, 6.07) is 10.7. The van der Waals surface area contributed by atoms with Crippen molar-refractivity contribution in [2.45, 2.75) is 13.3 Å². The molecule has 0 aromatic heterocycles. The number of phenolic OH excluding ortho intramolecular Hbond substituents is 1. The lowest BCUT2D eigenvalue weighted by atomic mass is 10.1. The topological polar surface area (TPSA) is 49.3 Å². The maximum absolute atomic E-state index is 12.7. The normalized spacial score (nSPS) is 10.2. The molecule has 4 heteroatoms. The highest BCUT2D eigenvalue weighted by molar-refractivity contribution is 5.92. The molecule has 2 N–H and O–H groups in total. The summed E-state index contributed by atoms with van der Waals surface area (Å²) in [7, 11) is 0. The smallest absolute Gasteiger partial charge is 0.228 e. The second kappa shape index (κ2) is 5.52. The van der Waals surface area contributed by atoms with E-state index < -0.39 is 0 Å². The van der Waals surface area contributed by atoms with E-state index in [4.69, 9.17) is 0 Å². The van der Waals surface area contributed by atoms with Gasteiger partial charge in [-0.2, -0.15) is 0 Å². The summed E-state index contributed by atoms with van der Waals surface area (Å²) in [5.41, 5.74) is 2.02. The van der Waals surface area contributed by atoms with Crippen LogP contribution in [-0.4, -0.2) is 11.0 Å². The van der Waals surface area contributed by atoms with Gasteiger partial charge in [0.25, 0.3) is 0 Å². The Morgan fingerprint density at radius 3 is 2.53 bits per heavy atom. The van der Waals surface area contributed by atoms with Gasteiger partial charge in [-0.05, 0) is 36.2 Å². The Morgan fingerprint density at radius 1 is 1.21 bits per heavy atom. The molecule has 0 spiro atoms. The number of nitrogens with one attached hydrogen (secondary N) is 1. The van der Waals surface area contributed by atoms with E-state index in [9.17, 15) is 14.3 Å². The predicted molar refractivity (Wildman–Crippen MR) is 71.6 cm³/mol. The number of aryl methyl sites for hydroxylation is 1. The molecule has 2 aromatic rings. The molecule has 0 radical (unpaired) electrons. The molecule has 0 heterocycles. The average Bonchev–Trinajstić information content (AvgIpc) is 2.37. The fraction of sp³-hybridized carbons (Fsp3) is 0.133. The molecular formula is C15H14FNO2. The van der Waals surface area contributed by atoms with Crippen molar-refractivity contribution in [3.05, 3.63) is 59.4 Å². The molecule has 1 amide bonds. The third kappa shape index (κ3) is 3.55. The number of carbonyl (C=O) groups is 1. The highest BCUT2D eigenvalue weighted by Gasteiger charge is 2.05. The van der Waals surface area contributed by atoms with E-state index in [0.29, 0.717) is 5.69 Å². The average molecular weight is 259 g/mol. The van der Waals surface area contributed by atoms with Crippen molar-refractivity contribution in [3.63, 3.8) is 0 Å². The molecule has 2 rings (SSSR count). The molecule has 0 unspecified atom stereocenters. The zero-order valence-corrected chi connectivity index (χ0v) is 10.5. The lowest BCUT2D eigenvalue weighted by Gasteiger charge is -2.07. The van der Waals surface area contributed by atoms with Crippen molar-refractivity contribution < 1.29 is 14.3 Å². The van der Waals surface area contributed by atoms with Crippen LogP contribution in [-0.2, 0) is 11.2 Å². The first-order valence-electron chi connectivity index (χ1n) is 5.88. The minimum Gasteiger partial charge on any atom is -0.508 e. The van der Waals surface area contributed by atoms with E-state index in [2.05, 4.69) is 5.32 Å². The Balaban J connectivity index is 2.01. The van der Waals surface area contributed by atoms with Gasteiger partial charge in [-0.25, -0.2) is 4.39 Å². The summed E-state index contributed by atoms with van der Waals surface area (Å²) in [5, 5.41) is 12.2. The Bertz CT molecular complexity index is 594. The zero-order valence-electron chi connectivity index (χ0n) is 10.5. The van der Waals surface area contributed by atoms with Crippen LogP contribution < -0.4 is 5.32 Å². The first-order valence-corrected chi connectivity index (χ1v) is 5.88. The van der Waals surface area contributed by atoms with Gasteiger partial charge in [-0.3, -0.25) is 4.79 Å². The standard InChI is InChI=1S/C15H14FNO2/c1-10-2-7-13(9-14(10)18)17-15(19)8-11-3-5-12(16)6-4-11/h2-7,9,18H,8H2,1H3,(H,17,19). The second-order valence-electron chi connectivity index (χ2n) is 4.35. The van der Waals surface area contributed by atoms with Gasteiger partial charge in [-0.15, -0.1) is 0 Å². The molecule has 0 fully saturated rings. The lowest BCUT2D eigenvalue weighted by Crippen LogP contribution is -2.14. The van der Waals surface area contributed by atoms with Crippen molar-refractivity contribution >= 4 is 11.6 Å². The molecule has 0 aliphatic rings. The maximum atomic E-state index is 12.7. The highest BCUT2D eigenvalue weighted by Crippen LogP contribution is 2.20. The number of carbonyl (C=O) groups excluding carboxylic acids is 1. The fourth-order valence-electron chi connectivity index (χ4n) is 1.68. The first kappa shape index (κ1) is 13.1. The third-order valence-corrected chi connectivity index (χ3v) is 2.77. The number of hydrogen-bond donors (Lipinski definition) is 2. The quantitative estimate of drug-likeness (QED) is 0.890. The Labute approximate surface area is 110 Å². The summed E-state index contributed by atoms with van der Waals surface area (Å²) < 4.78 is 12.7. The van der Waals surface area contributed by atoms with Crippen molar-refractivity contribution in [2.24, 2.45) is 0 Å². The minimum absolute atomic E-state index is 0.139. The number of halogens is 1. The fourth-order valence-corrected chi connectivity index (χ4v) is 1.68. The largest absolute Gasteiger partial charge is 0.508 e. The number of rotatable bonds is 3. The molecular weight excluding hydrogens is 245 g/mol. The molecule has 98 valence electrons. The number of amides is 1. The highest BCUT2D eigenvalue weighted by atomic mass is 19.1. The van der Waals surface area contributed by atoms with Crippen molar-refractivity contribution in [2.75, 3.05) is 5.32 Å². The van der Waals surface area contributed by atoms with Crippen molar-refractivity contribution in [3.8, 4) is 5.75 Å². The van der Waals surface area contributed by atoms with E-state index >= 15 is 0 Å². The maximum Gasteiger partial charge on any atom is 0.228 e. The van der Waals surface area contributed by atoms with Crippen LogP contribution in [0.4, 0.5) is 10.1 Å². The van der Waals surface area contributed by atoms with Gasteiger partial charge in [0.15, 0.2) is 0 Å². The van der Waals surface area contributed by atoms with Gasteiger partial charge in [0.1, 0.15) is 11.6 Å². The first-order chi connectivity index (χ1) is 9.04. The van der Waals surface area contributed by atoms with Crippen LogP contribution in [0, 0.1) is 12.7 Å². The molecule has 0 atom stereocenters. The van der Waals surface area contributed by atoms with Crippen LogP contribution in [0.3, 0.4) is 0 Å². The van der Waals surface area contributed by atoms with E-state index in [0.717, 1.165) is 11.1 Å². The summed E-state index contributed by atoms with van der Waals surface area (Å²) in [5.74, 6) is -0.401. The summed E-state index contributed by atoms with van der Waals surface area (Å²) in [4.78, 5) is 11.8. The Kier molecular flexibility index (Phi) is 3.80. The van der Waals surface area contributed by atoms with Crippen LogP contribution in [0.1, 0.15) is 11.1 Å². The number of benzene rings is 2. The molecule has 19 heavy (non-hydrogen) atoms. The SMILES string of the molecule is Cc1ccc(NC(=O)Cc2ccc(F)cc2)cc1O. The van der Waals surface area contributed by atoms with Crippen LogP contribution in [0.25, 0.3) is 0 Å². The molecule has 0 aliphatic carbocycles. The summed E-state index contributed by atoms with van der Waals surface area (Å²) in [6.07, 6.45) is 0.162. The monoisotopic (exact) mass is 259 g/mol. The minimum atomic E-state index is -0.326. The molecule has 0 bridgehead atoms. The van der Waals surface area contributed by atoms with Crippen LogP contribution in [0.15, 0.2) is 42.5 Å². The van der Waals surface area contributed by atoms with Crippen LogP contribution >= 0.6 is 0 Å². The molecule has 0 aliphatic heterocycles. The van der Waals surface area contributed by atoms with E-state index in [1.165, 1.54) is 18.2 Å². The second-order valence-corrected chi connectivity index (χ2v) is 4.35. The van der Waals surface area contributed by atoms with Gasteiger partial charge in [0.2, 0.25) is 5.91 Å². The summed E-state index contributed by atoms with van der Waals surface area (Å²) >= 11 is 0. The number of aromatic hydroxyl groups is 1. The van der Waals surface area contributed by atoms with Gasteiger partial charge in [0, 0.05) is 11.8 Å². The Morgan fingerprint density at radius 2 is 1.89 bits per heavy atom. The van der Waals surface area contributed by atoms with Gasteiger partial charge >= 0.3 is 0 Å². The molecule has 0 saturated carbocycles. The lowest BCUT2D eigenvalue weighted by molar-refractivity contribution is -0.115. The van der Waals surface area contributed by atoms with Gasteiger partial charge < -0.3 is 10.4 Å². The number of anilines is 1. The van der Waals surface area contributed by atoms with E-state index in [1.807, 2.05) is 0 Å². The molecule has 2 aromatic carbocycles. The number of phenols is 1. The van der Waals surface area contributed by atoms with Gasteiger partial charge in [0.05, 0.1) is 6.42 Å². The molecule has 3 nitrogen and oxygen atoms in total. The van der Waals surface area contributed by atoms with Crippen molar-refractivity contribution in [1.82, 2.24) is 0 Å². The molecule has 0 saturated heterocycles. The number of hydrogen-bond acceptors (Lipinski definition) is 2. The Hall–Kier alpha value is -2.36. The van der Waals surface area contributed by atoms with Crippen LogP contribution in [0.5, 0.6) is 5.75 Å². The van der Waals surface area contributed by atoms with Crippen LogP contribution in [0.2, 0.25) is 0 Å². The third-order valence-electron chi connectivity index (χ3n) is 2.77. The van der Waals surface area contributed by atoms with Gasteiger partial charge in [-0.1, -0.05) is 18.2 Å². The predicted octanol–water partition coefficient (Wildman–Crippen LogP) is 3.02. The zero-order chi connectivity index (χ0) is 13.8. The van der Waals surface area contributed by atoms with E-state index in [1.54, 1.807) is 31.2 Å². The summed E-state index contributed by atoms with van der Waals surface area (Å²) in [6.45, 7) is 1.78. The van der Waals surface area contributed by atoms with E-state index in [-0.39, 0.29) is 23.9 Å².